The van der Waals surface area contributed by atoms with Crippen molar-refractivity contribution in [2.24, 2.45) is 0 Å². The largest absolute Gasteiger partial charge is 0.372 e. The standard InChI is InChI=1S/C19H20FN3/c1-16-5-3-4-13-21-15-22-19(16)11-8-17-6-9-18(10-7-17)23(2)14-12-20/h3-7,9-10,13,15H,12,14H2,1-2H3,(H,21,22). The zero-order valence-corrected chi connectivity index (χ0v) is 13.4. The molecule has 3 nitrogen and oxygen atoms in total. The monoisotopic (exact) mass is 309 g/mol. The molecular weight excluding hydrogens is 289 g/mol. The van der Waals surface area contributed by atoms with Crippen molar-refractivity contribution in [3.8, 4) is 11.8 Å². The van der Waals surface area contributed by atoms with Crippen LogP contribution in [0.5, 0.6) is 0 Å². The Bertz CT molecular complexity index is 737. The number of nitrogens with one attached hydrogen (secondary N) is 1. The van der Waals surface area contributed by atoms with Crippen LogP contribution < -0.4 is 4.90 Å². The van der Waals surface area contributed by atoms with Crippen molar-refractivity contribution < 1.29 is 4.39 Å². The first-order valence-corrected chi connectivity index (χ1v) is 7.42. The minimum Gasteiger partial charge on any atom is -0.372 e. The molecule has 2 aromatic rings. The first kappa shape index (κ1) is 16.6. The predicted octanol–water partition coefficient (Wildman–Crippen LogP) is 3.65. The van der Waals surface area contributed by atoms with Gasteiger partial charge in [-0.1, -0.05) is 18.1 Å². The molecule has 0 amide bonds. The molecule has 0 aliphatic heterocycles. The van der Waals surface area contributed by atoms with Crippen LogP contribution in [0.4, 0.5) is 10.1 Å². The molecule has 0 fully saturated rings. The highest BCUT2D eigenvalue weighted by Crippen LogP contribution is 2.13. The van der Waals surface area contributed by atoms with Crippen LogP contribution in [0.15, 0.2) is 55.0 Å². The van der Waals surface area contributed by atoms with Crippen molar-refractivity contribution in [1.82, 2.24) is 9.97 Å². The Morgan fingerprint density at radius 2 is 1.91 bits per heavy atom. The van der Waals surface area contributed by atoms with Crippen LogP contribution in [-0.2, 0) is 0 Å². The molecule has 1 N–H and O–H groups in total. The van der Waals surface area contributed by atoms with Crippen LogP contribution >= 0.6 is 0 Å². The Hall–Kier alpha value is -2.80. The maximum atomic E-state index is 12.4. The second-order valence-corrected chi connectivity index (χ2v) is 5.09. The number of aryl methyl sites for hydroxylation is 1. The lowest BCUT2D eigenvalue weighted by Crippen LogP contribution is -2.19. The molecule has 1 heterocycles. The fourth-order valence-corrected chi connectivity index (χ4v) is 1.97. The van der Waals surface area contributed by atoms with E-state index in [2.05, 4.69) is 21.8 Å². The van der Waals surface area contributed by atoms with E-state index in [0.717, 1.165) is 22.5 Å². The Morgan fingerprint density at radius 1 is 1.13 bits per heavy atom. The average molecular weight is 309 g/mol. The maximum absolute atomic E-state index is 12.4. The Balaban J connectivity index is 2.25. The second-order valence-electron chi connectivity index (χ2n) is 5.09. The summed E-state index contributed by atoms with van der Waals surface area (Å²) >= 11 is 0. The minimum absolute atomic E-state index is 0.360. The highest BCUT2D eigenvalue weighted by molar-refractivity contribution is 5.51. The number of aromatic amines is 1. The molecule has 1 aromatic heterocycles. The van der Waals surface area contributed by atoms with Gasteiger partial charge in [-0.15, -0.1) is 0 Å². The molecule has 4 heteroatoms. The normalized spacial score (nSPS) is 9.52. The molecule has 23 heavy (non-hydrogen) atoms. The molecule has 0 bridgehead atoms. The van der Waals surface area contributed by atoms with Crippen LogP contribution in [-0.4, -0.2) is 30.2 Å². The number of benzene rings is 1. The SMILES string of the molecule is Cc1ccccnc[nH]c1C#Cc1ccc(N(C)CCF)cc1. The summed E-state index contributed by atoms with van der Waals surface area (Å²) in [7, 11) is 1.87. The topological polar surface area (TPSA) is 31.9 Å². The summed E-state index contributed by atoms with van der Waals surface area (Å²) in [6, 6.07) is 13.5. The molecule has 0 spiro atoms. The van der Waals surface area contributed by atoms with Crippen LogP contribution in [0.25, 0.3) is 0 Å². The lowest BCUT2D eigenvalue weighted by Gasteiger charge is -2.16. The molecule has 118 valence electrons. The molecule has 0 aliphatic carbocycles. The van der Waals surface area contributed by atoms with E-state index in [4.69, 9.17) is 0 Å². The number of nitrogens with zero attached hydrogens (tertiary/aromatic N) is 2. The molecule has 0 radical (unpaired) electrons. The lowest BCUT2D eigenvalue weighted by atomic mass is 10.2. The molecule has 0 aliphatic rings. The molecule has 0 saturated heterocycles. The van der Waals surface area contributed by atoms with E-state index >= 15 is 0 Å². The van der Waals surface area contributed by atoms with Crippen LogP contribution in [0, 0.1) is 18.8 Å². The molecule has 0 unspecified atom stereocenters. The third kappa shape index (κ3) is 5.15. The number of halogens is 1. The molecular formula is C19H20FN3. The van der Waals surface area contributed by atoms with Gasteiger partial charge in [0.15, 0.2) is 0 Å². The summed E-state index contributed by atoms with van der Waals surface area (Å²) in [6.07, 6.45) is 3.33. The van der Waals surface area contributed by atoms with Crippen molar-refractivity contribution in [3.05, 3.63) is 71.8 Å². The summed E-state index contributed by atoms with van der Waals surface area (Å²) in [4.78, 5) is 9.04. The number of anilines is 1. The summed E-state index contributed by atoms with van der Waals surface area (Å²) in [6.45, 7) is 2.03. The number of hydrogen-bond acceptors (Lipinski definition) is 2. The number of rotatable bonds is 3. The third-order valence-corrected chi connectivity index (χ3v) is 3.37. The van der Waals surface area contributed by atoms with Crippen LogP contribution in [0.2, 0.25) is 0 Å². The second kappa shape index (κ2) is 8.60. The van der Waals surface area contributed by atoms with E-state index in [-0.39, 0.29) is 6.67 Å². The zero-order valence-electron chi connectivity index (χ0n) is 13.4. The van der Waals surface area contributed by atoms with E-state index in [0.29, 0.717) is 6.54 Å². The Labute approximate surface area is 136 Å². The third-order valence-electron chi connectivity index (χ3n) is 3.37. The molecule has 1 aromatic carbocycles. The number of hydrogen-bond donors (Lipinski definition) is 1. The van der Waals surface area contributed by atoms with Gasteiger partial charge in [0.1, 0.15) is 6.67 Å². The van der Waals surface area contributed by atoms with E-state index < -0.39 is 0 Å². The minimum atomic E-state index is -0.360. The van der Waals surface area contributed by atoms with E-state index in [9.17, 15) is 4.39 Å². The summed E-state index contributed by atoms with van der Waals surface area (Å²) < 4.78 is 12.4. The van der Waals surface area contributed by atoms with Gasteiger partial charge in [-0.05, 0) is 48.7 Å². The molecule has 0 saturated carbocycles. The van der Waals surface area contributed by atoms with Gasteiger partial charge in [0.05, 0.1) is 12.0 Å². The van der Waals surface area contributed by atoms with Crippen molar-refractivity contribution >= 4 is 5.69 Å². The number of alkyl halides is 1. The maximum Gasteiger partial charge on any atom is 0.107 e. The lowest BCUT2D eigenvalue weighted by molar-refractivity contribution is 0.497. The molecule has 2 rings (SSSR count). The van der Waals surface area contributed by atoms with Crippen molar-refractivity contribution in [2.45, 2.75) is 6.92 Å². The van der Waals surface area contributed by atoms with Gasteiger partial charge in [0.2, 0.25) is 0 Å². The van der Waals surface area contributed by atoms with Crippen LogP contribution in [0.1, 0.15) is 16.8 Å². The van der Waals surface area contributed by atoms with Crippen molar-refractivity contribution in [2.75, 3.05) is 25.2 Å². The molecule has 0 atom stereocenters. The highest BCUT2D eigenvalue weighted by atomic mass is 19.1. The average Bonchev–Trinajstić information content (AvgIpc) is 2.66. The number of aromatic nitrogens is 2. The Kier molecular flexibility index (Phi) is 6.19. The highest BCUT2D eigenvalue weighted by Gasteiger charge is 1.99. The van der Waals surface area contributed by atoms with Gasteiger partial charge in [-0.2, -0.15) is 0 Å². The van der Waals surface area contributed by atoms with Gasteiger partial charge in [0, 0.05) is 31.0 Å². The first-order chi connectivity index (χ1) is 11.2. The first-order valence-electron chi connectivity index (χ1n) is 7.42. The summed E-state index contributed by atoms with van der Waals surface area (Å²) in [5.74, 6) is 6.26. The summed E-state index contributed by atoms with van der Waals surface area (Å²) in [5, 5.41) is 0. The van der Waals surface area contributed by atoms with E-state index in [1.807, 2.05) is 61.3 Å². The van der Waals surface area contributed by atoms with Gasteiger partial charge in [0.25, 0.3) is 0 Å². The van der Waals surface area contributed by atoms with Crippen molar-refractivity contribution in [3.63, 3.8) is 0 Å². The predicted molar refractivity (Wildman–Crippen MR) is 92.6 cm³/mol. The van der Waals surface area contributed by atoms with Crippen LogP contribution in [0.3, 0.4) is 0 Å². The Morgan fingerprint density at radius 3 is 2.65 bits per heavy atom. The van der Waals surface area contributed by atoms with Gasteiger partial charge in [-0.3, -0.25) is 0 Å². The van der Waals surface area contributed by atoms with Gasteiger partial charge >= 0.3 is 0 Å². The summed E-state index contributed by atoms with van der Waals surface area (Å²) in [5.41, 5.74) is 3.73. The van der Waals surface area contributed by atoms with E-state index in [1.54, 1.807) is 12.5 Å². The fourth-order valence-electron chi connectivity index (χ4n) is 1.97. The fraction of sp³-hybridized carbons (Fsp3) is 0.211. The zero-order chi connectivity index (χ0) is 16.5. The van der Waals surface area contributed by atoms with Crippen molar-refractivity contribution in [1.29, 1.82) is 0 Å². The van der Waals surface area contributed by atoms with Gasteiger partial charge < -0.3 is 9.88 Å². The quantitative estimate of drug-likeness (QED) is 0.878. The van der Waals surface area contributed by atoms with E-state index in [1.165, 1.54) is 0 Å². The van der Waals surface area contributed by atoms with Gasteiger partial charge in [-0.25, -0.2) is 9.37 Å². The number of H-pyrrole nitrogens is 1. The smallest absolute Gasteiger partial charge is 0.107 e.